The number of nitrogens with one attached hydrogen (secondary N) is 1. The van der Waals surface area contributed by atoms with Gasteiger partial charge in [-0.1, -0.05) is 11.6 Å². The van der Waals surface area contributed by atoms with Crippen LogP contribution in [0.15, 0.2) is 59.6 Å². The van der Waals surface area contributed by atoms with Crippen LogP contribution >= 0.6 is 11.6 Å². The number of aromatic nitrogens is 2. The van der Waals surface area contributed by atoms with Crippen LogP contribution in [-0.4, -0.2) is 37.0 Å². The number of benzene rings is 1. The van der Waals surface area contributed by atoms with E-state index >= 15 is 0 Å². The van der Waals surface area contributed by atoms with Crippen molar-refractivity contribution in [1.82, 2.24) is 19.6 Å². The lowest BCUT2D eigenvalue weighted by molar-refractivity contribution is -0.141. The summed E-state index contributed by atoms with van der Waals surface area (Å²) in [6.07, 6.45) is -2.30. The zero-order valence-corrected chi connectivity index (χ0v) is 19.6. The Bertz CT molecular complexity index is 1240. The lowest BCUT2D eigenvalue weighted by Gasteiger charge is -2.22. The van der Waals surface area contributed by atoms with Gasteiger partial charge in [0.05, 0.1) is 10.6 Å². The van der Waals surface area contributed by atoms with E-state index in [1.807, 2.05) is 0 Å². The van der Waals surface area contributed by atoms with Crippen molar-refractivity contribution in [1.29, 1.82) is 0 Å². The summed E-state index contributed by atoms with van der Waals surface area (Å²) in [5, 5.41) is 2.90. The van der Waals surface area contributed by atoms with Crippen molar-refractivity contribution in [3.8, 4) is 11.3 Å². The van der Waals surface area contributed by atoms with Gasteiger partial charge in [-0.3, -0.25) is 9.78 Å². The molecule has 3 aromatic rings. The normalized spacial score (nSPS) is 17.3. The molecule has 1 saturated heterocycles. The van der Waals surface area contributed by atoms with Gasteiger partial charge >= 0.3 is 6.18 Å². The van der Waals surface area contributed by atoms with Crippen molar-refractivity contribution in [3.63, 3.8) is 0 Å². The number of carbonyl (C=O) groups is 1. The van der Waals surface area contributed by atoms with Crippen molar-refractivity contribution >= 4 is 28.5 Å². The Morgan fingerprint density at radius 2 is 1.91 bits per heavy atom. The molecule has 1 aromatic carbocycles. The number of hydrogen-bond donors (Lipinski definition) is 1. The Kier molecular flexibility index (Phi) is 7.48. The molecule has 2 unspecified atom stereocenters. The molecule has 0 radical (unpaired) electrons. The number of nitrogens with zero attached hydrogens (tertiary/aromatic N) is 3. The molecular formula is C23H19ClF4N4O2S. The third kappa shape index (κ3) is 6.03. The SMILES string of the molecule is O=C(NCc1cc(Cl)nc(-c2ccc(C(F)(F)F)nc2)c1)C1CCCN1S(=O)c1ccc(F)cc1. The van der Waals surface area contributed by atoms with Gasteiger partial charge in [0.15, 0.2) is 0 Å². The van der Waals surface area contributed by atoms with E-state index in [1.54, 1.807) is 10.4 Å². The molecule has 1 fully saturated rings. The van der Waals surface area contributed by atoms with E-state index in [0.29, 0.717) is 41.1 Å². The second kappa shape index (κ2) is 10.4. The van der Waals surface area contributed by atoms with Gasteiger partial charge in [-0.05, 0) is 66.9 Å². The van der Waals surface area contributed by atoms with Gasteiger partial charge in [0.25, 0.3) is 0 Å². The molecule has 2 aromatic heterocycles. The fourth-order valence-corrected chi connectivity index (χ4v) is 5.31. The lowest BCUT2D eigenvalue weighted by Crippen LogP contribution is -2.43. The van der Waals surface area contributed by atoms with E-state index < -0.39 is 34.7 Å². The Balaban J connectivity index is 1.44. The monoisotopic (exact) mass is 526 g/mol. The lowest BCUT2D eigenvalue weighted by atomic mass is 10.1. The summed E-state index contributed by atoms with van der Waals surface area (Å²) in [5.74, 6) is -0.771. The van der Waals surface area contributed by atoms with Gasteiger partial charge in [-0.25, -0.2) is 17.9 Å². The molecule has 184 valence electrons. The highest BCUT2D eigenvalue weighted by molar-refractivity contribution is 7.82. The standard InChI is InChI=1S/C23H19ClF4N4O2S/c24-21-11-14(10-18(31-21)15-3-8-20(29-13-15)23(26,27)28)12-30-22(33)19-2-1-9-32(19)35(34)17-6-4-16(25)5-7-17/h3-8,10-11,13,19H,1-2,9,12H2,(H,30,33). The quantitative estimate of drug-likeness (QED) is 0.371. The molecule has 2 atom stereocenters. The molecule has 6 nitrogen and oxygen atoms in total. The summed E-state index contributed by atoms with van der Waals surface area (Å²) in [6, 6.07) is 9.89. The minimum absolute atomic E-state index is 0.0790. The van der Waals surface area contributed by atoms with Gasteiger partial charge in [0, 0.05) is 24.8 Å². The number of amides is 1. The highest BCUT2D eigenvalue weighted by Gasteiger charge is 2.35. The fourth-order valence-electron chi connectivity index (χ4n) is 3.71. The molecule has 3 heterocycles. The van der Waals surface area contributed by atoms with Gasteiger partial charge < -0.3 is 5.32 Å². The largest absolute Gasteiger partial charge is 0.433 e. The second-order valence-electron chi connectivity index (χ2n) is 7.83. The summed E-state index contributed by atoms with van der Waals surface area (Å²) in [5.41, 5.74) is 0.208. The Hall–Kier alpha value is -2.89. The van der Waals surface area contributed by atoms with Crippen LogP contribution in [0.3, 0.4) is 0 Å². The first-order valence-corrected chi connectivity index (χ1v) is 12.0. The van der Waals surface area contributed by atoms with E-state index in [1.165, 1.54) is 36.4 Å². The molecule has 1 aliphatic heterocycles. The molecule has 1 N–H and O–H groups in total. The zero-order chi connectivity index (χ0) is 25.2. The molecule has 0 aliphatic carbocycles. The average molecular weight is 527 g/mol. The molecule has 4 rings (SSSR count). The Labute approximate surface area is 205 Å². The van der Waals surface area contributed by atoms with Crippen molar-refractivity contribution < 1.29 is 26.6 Å². The van der Waals surface area contributed by atoms with Crippen LogP contribution in [0, 0.1) is 5.82 Å². The molecule has 12 heteroatoms. The predicted octanol–water partition coefficient (Wildman–Crippen LogP) is 4.76. The number of carbonyl (C=O) groups excluding carboxylic acids is 1. The summed E-state index contributed by atoms with van der Waals surface area (Å²) in [6.45, 7) is 0.532. The average Bonchev–Trinajstić information content (AvgIpc) is 3.32. The highest BCUT2D eigenvalue weighted by atomic mass is 35.5. The molecule has 1 amide bonds. The summed E-state index contributed by atoms with van der Waals surface area (Å²) in [7, 11) is -1.62. The molecule has 35 heavy (non-hydrogen) atoms. The van der Waals surface area contributed by atoms with Gasteiger partial charge in [-0.2, -0.15) is 13.2 Å². The summed E-state index contributed by atoms with van der Waals surface area (Å²) >= 11 is 6.09. The minimum Gasteiger partial charge on any atom is -0.351 e. The number of pyridine rings is 2. The maximum Gasteiger partial charge on any atom is 0.433 e. The number of hydrogen-bond acceptors (Lipinski definition) is 4. The molecular weight excluding hydrogens is 508 g/mol. The zero-order valence-electron chi connectivity index (χ0n) is 18.1. The Morgan fingerprint density at radius 3 is 2.57 bits per heavy atom. The second-order valence-corrected chi connectivity index (χ2v) is 9.66. The number of alkyl halides is 3. The van der Waals surface area contributed by atoms with Crippen molar-refractivity contribution in [2.75, 3.05) is 6.54 Å². The maximum absolute atomic E-state index is 13.2. The predicted molar refractivity (Wildman–Crippen MR) is 122 cm³/mol. The summed E-state index contributed by atoms with van der Waals surface area (Å²) < 4.78 is 66.0. The van der Waals surface area contributed by atoms with Crippen LogP contribution in [0.5, 0.6) is 0 Å². The van der Waals surface area contributed by atoms with Crippen LogP contribution < -0.4 is 5.32 Å². The molecule has 1 aliphatic rings. The number of halogens is 5. The fraction of sp³-hybridized carbons (Fsp3) is 0.261. The molecule has 0 spiro atoms. The first-order valence-electron chi connectivity index (χ1n) is 10.5. The third-order valence-corrected chi connectivity index (χ3v) is 7.14. The van der Waals surface area contributed by atoms with Gasteiger partial charge in [-0.15, -0.1) is 0 Å². The maximum atomic E-state index is 13.2. The smallest absolute Gasteiger partial charge is 0.351 e. The first kappa shape index (κ1) is 25.2. The van der Waals surface area contributed by atoms with Crippen LogP contribution in [0.4, 0.5) is 17.6 Å². The van der Waals surface area contributed by atoms with Crippen LogP contribution in [0.25, 0.3) is 11.3 Å². The summed E-state index contributed by atoms with van der Waals surface area (Å²) in [4.78, 5) is 20.8. The topological polar surface area (TPSA) is 75.2 Å². The first-order chi connectivity index (χ1) is 16.6. The van der Waals surface area contributed by atoms with Crippen molar-refractivity contribution in [2.24, 2.45) is 0 Å². The van der Waals surface area contributed by atoms with Crippen molar-refractivity contribution in [3.05, 3.63) is 77.0 Å². The van der Waals surface area contributed by atoms with Gasteiger partial charge in [0.2, 0.25) is 5.91 Å². The van der Waals surface area contributed by atoms with Crippen LogP contribution in [0.2, 0.25) is 5.15 Å². The van der Waals surface area contributed by atoms with E-state index in [9.17, 15) is 26.6 Å². The van der Waals surface area contributed by atoms with Crippen LogP contribution in [-0.2, 0) is 28.5 Å². The third-order valence-electron chi connectivity index (χ3n) is 5.40. The highest BCUT2D eigenvalue weighted by Crippen LogP contribution is 2.29. The number of rotatable bonds is 6. The Morgan fingerprint density at radius 1 is 1.17 bits per heavy atom. The van der Waals surface area contributed by atoms with E-state index in [-0.39, 0.29) is 17.6 Å². The van der Waals surface area contributed by atoms with E-state index in [2.05, 4.69) is 15.3 Å². The van der Waals surface area contributed by atoms with E-state index in [4.69, 9.17) is 11.6 Å². The van der Waals surface area contributed by atoms with E-state index in [0.717, 1.165) is 12.3 Å². The molecule has 0 saturated carbocycles. The van der Waals surface area contributed by atoms with Crippen LogP contribution in [0.1, 0.15) is 24.1 Å². The van der Waals surface area contributed by atoms with Crippen molar-refractivity contribution in [2.45, 2.75) is 36.5 Å². The minimum atomic E-state index is -4.55. The van der Waals surface area contributed by atoms with Gasteiger partial charge in [0.1, 0.15) is 33.7 Å². The molecule has 0 bridgehead atoms.